The lowest BCUT2D eigenvalue weighted by molar-refractivity contribution is 1.41. The van der Waals surface area contributed by atoms with Gasteiger partial charge >= 0.3 is 0 Å². The fourth-order valence-corrected chi connectivity index (χ4v) is 2.42. The van der Waals surface area contributed by atoms with Crippen LogP contribution in [0.1, 0.15) is 0 Å². The van der Waals surface area contributed by atoms with Gasteiger partial charge in [-0.15, -0.1) is 11.3 Å². The SMILES string of the molecule is c1cnc2cc[nH]c2c1.c1cnc2ccsc2c1. The molecule has 0 aliphatic rings. The maximum atomic E-state index is 4.15. The maximum Gasteiger partial charge on any atom is 0.0878 e. The summed E-state index contributed by atoms with van der Waals surface area (Å²) in [5.41, 5.74) is 3.22. The van der Waals surface area contributed by atoms with Gasteiger partial charge in [0.05, 0.1) is 21.3 Å². The summed E-state index contributed by atoms with van der Waals surface area (Å²) in [5, 5.41) is 2.05. The Bertz CT molecular complexity index is 631. The number of pyridine rings is 2. The van der Waals surface area contributed by atoms with Gasteiger partial charge in [-0.1, -0.05) is 0 Å². The summed E-state index contributed by atoms with van der Waals surface area (Å²) in [6.07, 6.45) is 5.49. The standard InChI is InChI=1S/C7H6N2.C7H5NS/c1-2-6-7(8-4-1)3-5-9-6;1-2-7-6(8-4-1)3-5-9-7/h1-5,9H;1-5H. The number of hydrogen-bond donors (Lipinski definition) is 1. The molecular weight excluding hydrogens is 242 g/mol. The Kier molecular flexibility index (Phi) is 3.02. The summed E-state index contributed by atoms with van der Waals surface area (Å²) in [6.45, 7) is 0. The zero-order valence-corrected chi connectivity index (χ0v) is 10.4. The number of nitrogens with one attached hydrogen (secondary N) is 1. The molecule has 0 radical (unpaired) electrons. The van der Waals surface area contributed by atoms with E-state index in [1.807, 2.05) is 42.7 Å². The van der Waals surface area contributed by atoms with Crippen LogP contribution in [0.3, 0.4) is 0 Å². The van der Waals surface area contributed by atoms with Crippen LogP contribution in [-0.4, -0.2) is 15.0 Å². The fraction of sp³-hybridized carbons (Fsp3) is 0. The summed E-state index contributed by atoms with van der Waals surface area (Å²) >= 11 is 1.72. The molecule has 0 unspecified atom stereocenters. The van der Waals surface area contributed by atoms with Crippen molar-refractivity contribution in [2.45, 2.75) is 0 Å². The van der Waals surface area contributed by atoms with Crippen LogP contribution in [-0.2, 0) is 0 Å². The topological polar surface area (TPSA) is 41.6 Å². The minimum absolute atomic E-state index is 1.03. The summed E-state index contributed by atoms with van der Waals surface area (Å²) in [6, 6.07) is 11.9. The molecule has 4 heterocycles. The van der Waals surface area contributed by atoms with Crippen LogP contribution >= 0.6 is 11.3 Å². The van der Waals surface area contributed by atoms with Gasteiger partial charge in [-0.2, -0.15) is 0 Å². The van der Waals surface area contributed by atoms with Gasteiger partial charge in [-0.3, -0.25) is 9.97 Å². The average Bonchev–Trinajstić information content (AvgIpc) is 3.08. The highest BCUT2D eigenvalue weighted by Gasteiger charge is 1.89. The number of hydrogen-bond acceptors (Lipinski definition) is 3. The second-order valence-electron chi connectivity index (χ2n) is 3.72. The Balaban J connectivity index is 0.000000111. The number of fused-ring (bicyclic) bond motifs is 2. The molecule has 1 N–H and O–H groups in total. The van der Waals surface area contributed by atoms with Gasteiger partial charge in [0.25, 0.3) is 0 Å². The second-order valence-corrected chi connectivity index (χ2v) is 4.67. The first kappa shape index (κ1) is 10.9. The van der Waals surface area contributed by atoms with E-state index in [0.29, 0.717) is 0 Å². The molecule has 4 rings (SSSR count). The van der Waals surface area contributed by atoms with Gasteiger partial charge in [0.1, 0.15) is 0 Å². The largest absolute Gasteiger partial charge is 0.360 e. The average molecular weight is 253 g/mol. The summed E-state index contributed by atoms with van der Waals surface area (Å²) in [4.78, 5) is 11.3. The van der Waals surface area contributed by atoms with E-state index in [2.05, 4.69) is 26.4 Å². The molecule has 4 aromatic heterocycles. The van der Waals surface area contributed by atoms with Crippen molar-refractivity contribution in [3.63, 3.8) is 0 Å². The predicted octanol–water partition coefficient (Wildman–Crippen LogP) is 3.86. The third-order valence-corrected chi connectivity index (χ3v) is 3.41. The van der Waals surface area contributed by atoms with Gasteiger partial charge in [-0.05, 0) is 41.8 Å². The molecule has 88 valence electrons. The Morgan fingerprint density at radius 1 is 0.889 bits per heavy atom. The molecule has 3 nitrogen and oxygen atoms in total. The zero-order chi connectivity index (χ0) is 12.2. The van der Waals surface area contributed by atoms with Gasteiger partial charge in [0.15, 0.2) is 0 Å². The zero-order valence-electron chi connectivity index (χ0n) is 9.58. The predicted molar refractivity (Wildman–Crippen MR) is 75.7 cm³/mol. The molecule has 0 atom stereocenters. The number of thiophene rings is 1. The third kappa shape index (κ3) is 2.24. The normalized spacial score (nSPS) is 10.2. The van der Waals surface area contributed by atoms with Crippen LogP contribution in [0.15, 0.2) is 60.4 Å². The van der Waals surface area contributed by atoms with Crippen molar-refractivity contribution in [1.29, 1.82) is 0 Å². The van der Waals surface area contributed by atoms with Crippen LogP contribution in [0.2, 0.25) is 0 Å². The number of rotatable bonds is 0. The fourth-order valence-electron chi connectivity index (χ4n) is 1.68. The first-order chi connectivity index (χ1) is 8.93. The Morgan fingerprint density at radius 3 is 2.56 bits per heavy atom. The lowest BCUT2D eigenvalue weighted by atomic mass is 10.4. The van der Waals surface area contributed by atoms with Crippen molar-refractivity contribution in [1.82, 2.24) is 15.0 Å². The molecule has 0 saturated heterocycles. The lowest BCUT2D eigenvalue weighted by Gasteiger charge is -1.82. The van der Waals surface area contributed by atoms with Gasteiger partial charge in [0, 0.05) is 18.6 Å². The van der Waals surface area contributed by atoms with Crippen LogP contribution in [0.4, 0.5) is 0 Å². The van der Waals surface area contributed by atoms with Crippen LogP contribution in [0.5, 0.6) is 0 Å². The van der Waals surface area contributed by atoms with Crippen molar-refractivity contribution >= 4 is 32.6 Å². The van der Waals surface area contributed by atoms with Crippen LogP contribution in [0.25, 0.3) is 21.3 Å². The van der Waals surface area contributed by atoms with Crippen LogP contribution in [0, 0.1) is 0 Å². The lowest BCUT2D eigenvalue weighted by Crippen LogP contribution is -1.68. The molecule has 0 bridgehead atoms. The second kappa shape index (κ2) is 4.98. The highest BCUT2D eigenvalue weighted by molar-refractivity contribution is 7.17. The summed E-state index contributed by atoms with van der Waals surface area (Å²) in [5.74, 6) is 0. The van der Waals surface area contributed by atoms with Gasteiger partial charge < -0.3 is 4.98 Å². The quantitative estimate of drug-likeness (QED) is 0.517. The molecule has 0 aromatic carbocycles. The number of H-pyrrole nitrogens is 1. The monoisotopic (exact) mass is 253 g/mol. The van der Waals surface area contributed by atoms with E-state index in [1.54, 1.807) is 17.5 Å². The van der Waals surface area contributed by atoms with Crippen molar-refractivity contribution in [3.8, 4) is 0 Å². The molecule has 0 fully saturated rings. The van der Waals surface area contributed by atoms with E-state index in [9.17, 15) is 0 Å². The molecule has 4 heteroatoms. The summed E-state index contributed by atoms with van der Waals surface area (Å²) in [7, 11) is 0. The molecule has 0 aliphatic heterocycles. The molecule has 0 spiro atoms. The number of nitrogens with zero attached hydrogens (tertiary/aromatic N) is 2. The minimum atomic E-state index is 1.03. The molecule has 4 aromatic rings. The molecule has 0 saturated carbocycles. The van der Waals surface area contributed by atoms with E-state index < -0.39 is 0 Å². The minimum Gasteiger partial charge on any atom is -0.360 e. The Hall–Kier alpha value is -2.20. The summed E-state index contributed by atoms with van der Waals surface area (Å²) < 4.78 is 1.26. The third-order valence-electron chi connectivity index (χ3n) is 2.54. The van der Waals surface area contributed by atoms with Crippen molar-refractivity contribution in [2.24, 2.45) is 0 Å². The first-order valence-corrected chi connectivity index (χ1v) is 6.48. The van der Waals surface area contributed by atoms with E-state index in [0.717, 1.165) is 16.6 Å². The van der Waals surface area contributed by atoms with E-state index in [4.69, 9.17) is 0 Å². The Labute approximate surface area is 108 Å². The van der Waals surface area contributed by atoms with Gasteiger partial charge in [0.2, 0.25) is 0 Å². The highest BCUT2D eigenvalue weighted by Crippen LogP contribution is 2.16. The molecule has 0 amide bonds. The smallest absolute Gasteiger partial charge is 0.0878 e. The van der Waals surface area contributed by atoms with Crippen LogP contribution < -0.4 is 0 Å². The molecule has 0 aliphatic carbocycles. The molecular formula is C14H11N3S. The molecule has 18 heavy (non-hydrogen) atoms. The van der Waals surface area contributed by atoms with E-state index >= 15 is 0 Å². The van der Waals surface area contributed by atoms with Crippen molar-refractivity contribution in [2.75, 3.05) is 0 Å². The number of aromatic amines is 1. The number of aromatic nitrogens is 3. The van der Waals surface area contributed by atoms with E-state index in [1.165, 1.54) is 4.70 Å². The van der Waals surface area contributed by atoms with Crippen molar-refractivity contribution < 1.29 is 0 Å². The van der Waals surface area contributed by atoms with E-state index in [-0.39, 0.29) is 0 Å². The van der Waals surface area contributed by atoms with Gasteiger partial charge in [-0.25, -0.2) is 0 Å². The highest BCUT2D eigenvalue weighted by atomic mass is 32.1. The Morgan fingerprint density at radius 2 is 1.72 bits per heavy atom. The van der Waals surface area contributed by atoms with Crippen molar-refractivity contribution in [3.05, 3.63) is 60.4 Å². The first-order valence-electron chi connectivity index (χ1n) is 5.60. The maximum absolute atomic E-state index is 4.15.